The maximum absolute atomic E-state index is 13.1. The van der Waals surface area contributed by atoms with E-state index in [2.05, 4.69) is 51.2 Å². The summed E-state index contributed by atoms with van der Waals surface area (Å²) in [4.78, 5) is 17.9. The Bertz CT molecular complexity index is 993. The Hall–Kier alpha value is -2.68. The van der Waals surface area contributed by atoms with Crippen LogP contribution in [0.25, 0.3) is 22.2 Å². The second kappa shape index (κ2) is 9.69. The minimum atomic E-state index is -0.0105. The van der Waals surface area contributed by atoms with Gasteiger partial charge in [0.15, 0.2) is 0 Å². The molecule has 1 aromatic heterocycles. The Morgan fingerprint density at radius 1 is 1.03 bits per heavy atom. The van der Waals surface area contributed by atoms with Crippen molar-refractivity contribution in [2.75, 3.05) is 6.54 Å². The third-order valence-electron chi connectivity index (χ3n) is 5.86. The second-order valence-corrected chi connectivity index (χ2v) is 8.00. The molecule has 152 valence electrons. The number of amides is 1. The van der Waals surface area contributed by atoms with Gasteiger partial charge < -0.3 is 5.32 Å². The van der Waals surface area contributed by atoms with Gasteiger partial charge in [-0.3, -0.25) is 4.79 Å². The van der Waals surface area contributed by atoms with E-state index < -0.39 is 0 Å². The van der Waals surface area contributed by atoms with Gasteiger partial charge >= 0.3 is 0 Å². The molecule has 0 saturated carbocycles. The van der Waals surface area contributed by atoms with Crippen molar-refractivity contribution < 1.29 is 4.79 Å². The summed E-state index contributed by atoms with van der Waals surface area (Å²) in [6.07, 6.45) is 4.66. The Morgan fingerprint density at radius 3 is 2.55 bits per heavy atom. The lowest BCUT2D eigenvalue weighted by atomic mass is 9.98. The van der Waals surface area contributed by atoms with E-state index in [1.165, 1.54) is 24.0 Å². The van der Waals surface area contributed by atoms with Crippen molar-refractivity contribution in [3.8, 4) is 11.3 Å². The highest BCUT2D eigenvalue weighted by Crippen LogP contribution is 2.26. The van der Waals surface area contributed by atoms with Crippen LogP contribution in [-0.2, 0) is 0 Å². The Labute approximate surface area is 174 Å². The normalized spacial score (nSPS) is 12.1. The SMILES string of the molecule is CCCCC(CC)CNC(=O)c1cc(-c2ccc(C)c(C)c2)nc2ccccc12. The molecule has 2 aromatic carbocycles. The van der Waals surface area contributed by atoms with Crippen LogP contribution in [0.1, 0.15) is 61.0 Å². The molecule has 1 N–H and O–H groups in total. The fourth-order valence-electron chi connectivity index (χ4n) is 3.69. The van der Waals surface area contributed by atoms with E-state index in [1.807, 2.05) is 30.3 Å². The first-order valence-electron chi connectivity index (χ1n) is 10.8. The number of fused-ring (bicyclic) bond motifs is 1. The second-order valence-electron chi connectivity index (χ2n) is 8.00. The van der Waals surface area contributed by atoms with E-state index in [9.17, 15) is 4.79 Å². The number of pyridine rings is 1. The van der Waals surface area contributed by atoms with Crippen molar-refractivity contribution in [1.82, 2.24) is 10.3 Å². The summed E-state index contributed by atoms with van der Waals surface area (Å²) in [5.41, 5.74) is 5.92. The number of aryl methyl sites for hydroxylation is 2. The molecule has 0 spiro atoms. The number of hydrogen-bond acceptors (Lipinski definition) is 2. The first-order chi connectivity index (χ1) is 14.0. The van der Waals surface area contributed by atoms with Crippen LogP contribution in [0.3, 0.4) is 0 Å². The lowest BCUT2D eigenvalue weighted by Crippen LogP contribution is -2.29. The molecule has 1 heterocycles. The number of nitrogens with zero attached hydrogens (tertiary/aromatic N) is 1. The molecule has 0 aliphatic heterocycles. The van der Waals surface area contributed by atoms with E-state index in [0.717, 1.165) is 41.5 Å². The molecule has 3 heteroatoms. The molecule has 3 rings (SSSR count). The highest BCUT2D eigenvalue weighted by atomic mass is 16.1. The molecule has 0 aliphatic carbocycles. The maximum Gasteiger partial charge on any atom is 0.252 e. The molecule has 0 saturated heterocycles. The number of carbonyl (C=O) groups is 1. The topological polar surface area (TPSA) is 42.0 Å². The average Bonchev–Trinajstić information content (AvgIpc) is 2.74. The summed E-state index contributed by atoms with van der Waals surface area (Å²) in [6.45, 7) is 9.35. The number of rotatable bonds is 8. The van der Waals surface area contributed by atoms with Gasteiger partial charge in [0.1, 0.15) is 0 Å². The van der Waals surface area contributed by atoms with Crippen molar-refractivity contribution >= 4 is 16.8 Å². The summed E-state index contributed by atoms with van der Waals surface area (Å²) in [7, 11) is 0. The third-order valence-corrected chi connectivity index (χ3v) is 5.86. The number of para-hydroxylation sites is 1. The average molecular weight is 389 g/mol. The van der Waals surface area contributed by atoms with Crippen molar-refractivity contribution in [3.63, 3.8) is 0 Å². The van der Waals surface area contributed by atoms with Crippen LogP contribution in [-0.4, -0.2) is 17.4 Å². The molecule has 29 heavy (non-hydrogen) atoms. The van der Waals surface area contributed by atoms with Gasteiger partial charge in [0, 0.05) is 17.5 Å². The van der Waals surface area contributed by atoms with Crippen molar-refractivity contribution in [3.05, 3.63) is 65.2 Å². The maximum atomic E-state index is 13.1. The fourth-order valence-corrected chi connectivity index (χ4v) is 3.69. The van der Waals surface area contributed by atoms with Crippen LogP contribution in [0.4, 0.5) is 0 Å². The number of unbranched alkanes of at least 4 members (excludes halogenated alkanes) is 1. The molecule has 0 bridgehead atoms. The van der Waals surface area contributed by atoms with E-state index in [1.54, 1.807) is 0 Å². The van der Waals surface area contributed by atoms with Gasteiger partial charge in [-0.05, 0) is 55.5 Å². The largest absolute Gasteiger partial charge is 0.352 e. The quantitative estimate of drug-likeness (QED) is 0.481. The molecule has 3 aromatic rings. The summed E-state index contributed by atoms with van der Waals surface area (Å²) >= 11 is 0. The summed E-state index contributed by atoms with van der Waals surface area (Å²) in [5.74, 6) is 0.523. The number of carbonyl (C=O) groups excluding carboxylic acids is 1. The Morgan fingerprint density at radius 2 is 1.83 bits per heavy atom. The van der Waals surface area contributed by atoms with Gasteiger partial charge in [0.2, 0.25) is 0 Å². The monoisotopic (exact) mass is 388 g/mol. The molecule has 1 atom stereocenters. The van der Waals surface area contributed by atoms with Crippen molar-refractivity contribution in [1.29, 1.82) is 0 Å². The fraction of sp³-hybridized carbons (Fsp3) is 0.385. The summed E-state index contributed by atoms with van der Waals surface area (Å²) < 4.78 is 0. The Balaban J connectivity index is 1.93. The first-order valence-corrected chi connectivity index (χ1v) is 10.8. The van der Waals surface area contributed by atoms with E-state index >= 15 is 0 Å². The molecule has 3 nitrogen and oxygen atoms in total. The zero-order valence-corrected chi connectivity index (χ0v) is 18.1. The smallest absolute Gasteiger partial charge is 0.252 e. The van der Waals surface area contributed by atoms with Gasteiger partial charge in [-0.25, -0.2) is 4.98 Å². The number of hydrogen-bond donors (Lipinski definition) is 1. The predicted molar refractivity (Wildman–Crippen MR) is 122 cm³/mol. The van der Waals surface area contributed by atoms with E-state index in [0.29, 0.717) is 11.5 Å². The van der Waals surface area contributed by atoms with Crippen molar-refractivity contribution in [2.45, 2.75) is 53.4 Å². The molecular weight excluding hydrogens is 356 g/mol. The van der Waals surface area contributed by atoms with Crippen LogP contribution in [0.2, 0.25) is 0 Å². The summed E-state index contributed by atoms with van der Waals surface area (Å²) in [6, 6.07) is 16.2. The van der Waals surface area contributed by atoms with Crippen LogP contribution in [0.5, 0.6) is 0 Å². The van der Waals surface area contributed by atoms with Gasteiger partial charge in [-0.15, -0.1) is 0 Å². The van der Waals surface area contributed by atoms with E-state index in [4.69, 9.17) is 4.98 Å². The first kappa shape index (κ1) is 21.0. The highest BCUT2D eigenvalue weighted by molar-refractivity contribution is 6.07. The van der Waals surface area contributed by atoms with Crippen LogP contribution < -0.4 is 5.32 Å². The zero-order chi connectivity index (χ0) is 20.8. The van der Waals surface area contributed by atoms with Gasteiger partial charge in [-0.1, -0.05) is 63.4 Å². The minimum Gasteiger partial charge on any atom is -0.352 e. The van der Waals surface area contributed by atoms with Gasteiger partial charge in [-0.2, -0.15) is 0 Å². The van der Waals surface area contributed by atoms with Crippen LogP contribution >= 0.6 is 0 Å². The predicted octanol–water partition coefficient (Wildman–Crippen LogP) is 6.46. The molecular formula is C26H32N2O. The third kappa shape index (κ3) is 5.03. The van der Waals surface area contributed by atoms with Crippen LogP contribution in [0, 0.1) is 19.8 Å². The lowest BCUT2D eigenvalue weighted by Gasteiger charge is -2.16. The van der Waals surface area contributed by atoms with Crippen molar-refractivity contribution in [2.24, 2.45) is 5.92 Å². The number of benzene rings is 2. The van der Waals surface area contributed by atoms with Gasteiger partial charge in [0.25, 0.3) is 5.91 Å². The molecule has 0 aliphatic rings. The molecule has 1 amide bonds. The molecule has 0 fully saturated rings. The van der Waals surface area contributed by atoms with Gasteiger partial charge in [0.05, 0.1) is 16.8 Å². The lowest BCUT2D eigenvalue weighted by molar-refractivity contribution is 0.0947. The Kier molecular flexibility index (Phi) is 7.03. The summed E-state index contributed by atoms with van der Waals surface area (Å²) in [5, 5.41) is 4.09. The number of aromatic nitrogens is 1. The van der Waals surface area contributed by atoms with E-state index in [-0.39, 0.29) is 5.91 Å². The standard InChI is InChI=1S/C26H32N2O/c1-5-7-10-20(6-2)17-27-26(29)23-16-25(21-14-13-18(3)19(4)15-21)28-24-12-9-8-11-22(23)24/h8-9,11-16,20H,5-7,10,17H2,1-4H3,(H,27,29). The molecule has 0 radical (unpaired) electrons. The zero-order valence-electron chi connectivity index (χ0n) is 18.1. The van der Waals surface area contributed by atoms with Crippen LogP contribution in [0.15, 0.2) is 48.5 Å². The number of nitrogens with one attached hydrogen (secondary N) is 1. The highest BCUT2D eigenvalue weighted by Gasteiger charge is 2.15. The molecule has 1 unspecified atom stereocenters. The minimum absolute atomic E-state index is 0.0105.